The van der Waals surface area contributed by atoms with E-state index in [2.05, 4.69) is 276 Å². The van der Waals surface area contributed by atoms with Gasteiger partial charge in [-0.2, -0.15) is 0 Å². The molecular weight excluding hydrogens is 861 g/mol. The van der Waals surface area contributed by atoms with Crippen molar-refractivity contribution in [3.63, 3.8) is 0 Å². The summed E-state index contributed by atoms with van der Waals surface area (Å²) in [6.07, 6.45) is 0. The van der Waals surface area contributed by atoms with Gasteiger partial charge in [-0.25, -0.2) is 0 Å². The molecular formula is C68H44N2O. The van der Waals surface area contributed by atoms with Crippen molar-refractivity contribution in [3.05, 3.63) is 267 Å². The molecule has 3 heteroatoms. The van der Waals surface area contributed by atoms with Gasteiger partial charge < -0.3 is 13.9 Å². The second-order valence-corrected chi connectivity index (χ2v) is 18.4. The molecule has 0 fully saturated rings. The van der Waals surface area contributed by atoms with Gasteiger partial charge in [0.2, 0.25) is 0 Å². The van der Waals surface area contributed by atoms with Crippen molar-refractivity contribution in [3.8, 4) is 50.2 Å². The van der Waals surface area contributed by atoms with Gasteiger partial charge in [-0.3, -0.25) is 0 Å². The van der Waals surface area contributed by atoms with Crippen LogP contribution in [0.3, 0.4) is 0 Å². The summed E-state index contributed by atoms with van der Waals surface area (Å²) >= 11 is 0. The standard InChI is InChI=1S/C68H44N2O/c1-2-17-47(18-3-1)62-44-50(54-29-15-21-46-19-4-6-24-53(46)54)38-42-66(62)69(65-34-13-10-28-58(65)59-30-16-31-60-61-41-37-48-20-5-7-25-55(48)67(61)71-68(59)60)51-39-35-45(36-40-51)49-22-14-23-52(43-49)70-63-32-11-8-26-56(63)57-27-9-12-33-64(57)70/h1-44H. The molecule has 0 aliphatic rings. The zero-order valence-electron chi connectivity index (χ0n) is 38.7. The molecule has 14 aromatic rings. The van der Waals surface area contributed by atoms with Crippen LogP contribution in [0, 0.1) is 0 Å². The van der Waals surface area contributed by atoms with Crippen molar-refractivity contribution in [2.24, 2.45) is 0 Å². The Balaban J connectivity index is 0.967. The zero-order chi connectivity index (χ0) is 46.8. The molecule has 14 rings (SSSR count). The van der Waals surface area contributed by atoms with E-state index in [0.717, 1.165) is 94.4 Å². The lowest BCUT2D eigenvalue weighted by Gasteiger charge is -2.30. The normalized spacial score (nSPS) is 11.7. The zero-order valence-corrected chi connectivity index (χ0v) is 38.7. The molecule has 0 saturated heterocycles. The predicted octanol–water partition coefficient (Wildman–Crippen LogP) is 19.1. The van der Waals surface area contributed by atoms with Crippen molar-refractivity contribution in [1.82, 2.24) is 4.57 Å². The molecule has 0 radical (unpaired) electrons. The number of furan rings is 1. The van der Waals surface area contributed by atoms with E-state index in [1.165, 1.54) is 38.1 Å². The first-order valence-corrected chi connectivity index (χ1v) is 24.3. The molecule has 0 saturated carbocycles. The van der Waals surface area contributed by atoms with E-state index in [0.29, 0.717) is 0 Å². The van der Waals surface area contributed by atoms with Crippen LogP contribution < -0.4 is 4.90 Å². The smallest absolute Gasteiger partial charge is 0.143 e. The quantitative estimate of drug-likeness (QED) is 0.151. The van der Waals surface area contributed by atoms with E-state index in [4.69, 9.17) is 4.42 Å². The third-order valence-corrected chi connectivity index (χ3v) is 14.4. The lowest BCUT2D eigenvalue weighted by molar-refractivity contribution is 0.674. The summed E-state index contributed by atoms with van der Waals surface area (Å²) in [6.45, 7) is 0. The van der Waals surface area contributed by atoms with E-state index in [1.807, 2.05) is 0 Å². The minimum Gasteiger partial charge on any atom is -0.455 e. The van der Waals surface area contributed by atoms with Crippen molar-refractivity contribution in [1.29, 1.82) is 0 Å². The Morgan fingerprint density at radius 3 is 1.63 bits per heavy atom. The molecule has 2 aromatic heterocycles. The minimum absolute atomic E-state index is 0.874. The van der Waals surface area contributed by atoms with Crippen molar-refractivity contribution in [2.45, 2.75) is 0 Å². The fourth-order valence-corrected chi connectivity index (χ4v) is 11.1. The molecule has 0 N–H and O–H groups in total. The first-order chi connectivity index (χ1) is 35.2. The Morgan fingerprint density at radius 2 is 0.831 bits per heavy atom. The van der Waals surface area contributed by atoms with Gasteiger partial charge >= 0.3 is 0 Å². The highest BCUT2D eigenvalue weighted by Crippen LogP contribution is 2.49. The van der Waals surface area contributed by atoms with Crippen LogP contribution in [0.4, 0.5) is 17.1 Å². The average molecular weight is 905 g/mol. The third-order valence-electron chi connectivity index (χ3n) is 14.4. The summed E-state index contributed by atoms with van der Waals surface area (Å²) in [6, 6.07) is 96.7. The molecule has 0 spiro atoms. The Morgan fingerprint density at radius 1 is 0.282 bits per heavy atom. The second kappa shape index (κ2) is 16.7. The van der Waals surface area contributed by atoms with Gasteiger partial charge in [0.1, 0.15) is 11.2 Å². The van der Waals surface area contributed by atoms with Crippen LogP contribution in [0.15, 0.2) is 271 Å². The van der Waals surface area contributed by atoms with Crippen LogP contribution in [0.2, 0.25) is 0 Å². The summed E-state index contributed by atoms with van der Waals surface area (Å²) in [5.74, 6) is 0. The van der Waals surface area contributed by atoms with Crippen LogP contribution in [-0.4, -0.2) is 4.57 Å². The Bertz CT molecular complexity index is 4290. The van der Waals surface area contributed by atoms with Crippen LogP contribution >= 0.6 is 0 Å². The highest BCUT2D eigenvalue weighted by atomic mass is 16.3. The molecule has 12 aromatic carbocycles. The van der Waals surface area contributed by atoms with Crippen LogP contribution in [0.1, 0.15) is 0 Å². The van der Waals surface area contributed by atoms with Gasteiger partial charge in [0.25, 0.3) is 0 Å². The van der Waals surface area contributed by atoms with Crippen molar-refractivity contribution in [2.75, 3.05) is 4.90 Å². The molecule has 2 heterocycles. The molecule has 0 aliphatic heterocycles. The predicted molar refractivity (Wildman–Crippen MR) is 299 cm³/mol. The molecule has 3 nitrogen and oxygen atoms in total. The maximum atomic E-state index is 7.02. The SMILES string of the molecule is c1ccc(-c2cc(-c3cccc4ccccc34)ccc2N(c2ccc(-c3cccc(-n4c5ccccc5c5ccccc54)c3)cc2)c2ccccc2-c2cccc3c2oc2c4ccccc4ccc32)cc1. The maximum absolute atomic E-state index is 7.02. The van der Waals surface area contributed by atoms with Gasteiger partial charge in [-0.15, -0.1) is 0 Å². The van der Waals surface area contributed by atoms with E-state index in [9.17, 15) is 0 Å². The van der Waals surface area contributed by atoms with Gasteiger partial charge in [-0.05, 0) is 105 Å². The van der Waals surface area contributed by atoms with E-state index >= 15 is 0 Å². The molecule has 0 atom stereocenters. The van der Waals surface area contributed by atoms with E-state index < -0.39 is 0 Å². The number of hydrogen-bond acceptors (Lipinski definition) is 2. The van der Waals surface area contributed by atoms with Gasteiger partial charge in [0.15, 0.2) is 0 Å². The van der Waals surface area contributed by atoms with E-state index in [1.54, 1.807) is 0 Å². The third kappa shape index (κ3) is 6.74. The second-order valence-electron chi connectivity index (χ2n) is 18.4. The first-order valence-electron chi connectivity index (χ1n) is 24.3. The molecule has 0 aliphatic carbocycles. The number of fused-ring (bicyclic) bond motifs is 9. The summed E-state index contributed by atoms with van der Waals surface area (Å²) < 4.78 is 9.41. The summed E-state index contributed by atoms with van der Waals surface area (Å²) in [5.41, 5.74) is 17.5. The average Bonchev–Trinajstić information content (AvgIpc) is 4.00. The fourth-order valence-electron chi connectivity index (χ4n) is 11.1. The monoisotopic (exact) mass is 904 g/mol. The topological polar surface area (TPSA) is 21.3 Å². The first kappa shape index (κ1) is 40.6. The largest absolute Gasteiger partial charge is 0.455 e. The van der Waals surface area contributed by atoms with Crippen LogP contribution in [-0.2, 0) is 0 Å². The Labute approximate surface area is 411 Å². The molecule has 71 heavy (non-hydrogen) atoms. The number of hydrogen-bond donors (Lipinski definition) is 0. The molecule has 332 valence electrons. The highest BCUT2D eigenvalue weighted by molar-refractivity contribution is 6.18. The summed E-state index contributed by atoms with van der Waals surface area (Å²) in [7, 11) is 0. The van der Waals surface area contributed by atoms with E-state index in [-0.39, 0.29) is 0 Å². The molecule has 0 bridgehead atoms. The Hall–Kier alpha value is -9.44. The van der Waals surface area contributed by atoms with Gasteiger partial charge in [0, 0.05) is 55.0 Å². The number of benzene rings is 12. The summed E-state index contributed by atoms with van der Waals surface area (Å²) in [5, 5.41) is 9.44. The lowest BCUT2D eigenvalue weighted by Crippen LogP contribution is -2.12. The number of aromatic nitrogens is 1. The molecule has 0 unspecified atom stereocenters. The molecule has 0 amide bonds. The minimum atomic E-state index is 0.874. The van der Waals surface area contributed by atoms with Gasteiger partial charge in [0.05, 0.1) is 22.4 Å². The highest BCUT2D eigenvalue weighted by Gasteiger charge is 2.24. The van der Waals surface area contributed by atoms with Crippen molar-refractivity contribution < 1.29 is 4.42 Å². The number of rotatable bonds is 8. The van der Waals surface area contributed by atoms with Crippen LogP contribution in [0.25, 0.3) is 115 Å². The number of para-hydroxylation sites is 4. The van der Waals surface area contributed by atoms with Crippen LogP contribution in [0.5, 0.6) is 0 Å². The number of nitrogens with zero attached hydrogens (tertiary/aromatic N) is 2. The van der Waals surface area contributed by atoms with Gasteiger partial charge in [-0.1, -0.05) is 206 Å². The Kier molecular flexibility index (Phi) is 9.53. The fraction of sp³-hybridized carbons (Fsp3) is 0. The number of anilines is 3. The lowest BCUT2D eigenvalue weighted by atomic mass is 9.93. The van der Waals surface area contributed by atoms with Crippen molar-refractivity contribution >= 4 is 82.4 Å². The maximum Gasteiger partial charge on any atom is 0.143 e. The summed E-state index contributed by atoms with van der Waals surface area (Å²) in [4.78, 5) is 2.44.